The summed E-state index contributed by atoms with van der Waals surface area (Å²) < 4.78 is 0. The molecule has 4 nitrogen and oxygen atoms in total. The lowest BCUT2D eigenvalue weighted by molar-refractivity contribution is 0.531. The van der Waals surface area contributed by atoms with Crippen molar-refractivity contribution >= 4 is 46.3 Å². The second-order valence-corrected chi connectivity index (χ2v) is 8.79. The van der Waals surface area contributed by atoms with E-state index in [1.165, 1.54) is 0 Å². The van der Waals surface area contributed by atoms with Gasteiger partial charge in [0.05, 0.1) is 0 Å². The van der Waals surface area contributed by atoms with Crippen molar-refractivity contribution in [2.45, 2.75) is 12.0 Å². The van der Waals surface area contributed by atoms with Gasteiger partial charge in [0, 0.05) is 28.7 Å². The fourth-order valence-corrected chi connectivity index (χ4v) is 5.31. The lowest BCUT2D eigenvalue weighted by Crippen LogP contribution is -2.46. The van der Waals surface area contributed by atoms with Crippen LogP contribution in [0.3, 0.4) is 0 Å². The highest BCUT2D eigenvalue weighted by atomic mass is 35.5. The van der Waals surface area contributed by atoms with E-state index in [4.69, 9.17) is 38.9 Å². The van der Waals surface area contributed by atoms with Crippen molar-refractivity contribution in [3.8, 4) is 11.1 Å². The van der Waals surface area contributed by atoms with Gasteiger partial charge >= 0.3 is 0 Å². The van der Waals surface area contributed by atoms with Crippen LogP contribution in [0.2, 0.25) is 10.0 Å². The van der Waals surface area contributed by atoms with Crippen LogP contribution in [0.1, 0.15) is 17.5 Å². The third-order valence-electron chi connectivity index (χ3n) is 5.35. The van der Waals surface area contributed by atoms with Crippen molar-refractivity contribution in [3.63, 3.8) is 0 Å². The van der Waals surface area contributed by atoms with E-state index in [2.05, 4.69) is 35.0 Å². The number of guanidine groups is 1. The normalized spacial score (nSPS) is 21.0. The first-order chi connectivity index (χ1) is 14.1. The summed E-state index contributed by atoms with van der Waals surface area (Å²) in [5.41, 5.74) is 9.71. The molecule has 0 aliphatic carbocycles. The number of fused-ring (bicyclic) bond motifs is 1. The van der Waals surface area contributed by atoms with Crippen LogP contribution in [0.15, 0.2) is 69.3 Å². The molecule has 1 aromatic heterocycles. The van der Waals surface area contributed by atoms with Gasteiger partial charge in [0.1, 0.15) is 5.84 Å². The topological polar surface area (TPSA) is 54.0 Å². The SMILES string of the molecule is NC1=NC(c2ccsc2)(c2cccc(-c3cc(Cl)cc(Cl)c3)c2)C2=NCCCN12. The molecule has 0 radical (unpaired) electrons. The molecule has 1 atom stereocenters. The molecule has 2 N–H and O–H groups in total. The highest BCUT2D eigenvalue weighted by molar-refractivity contribution is 7.08. The summed E-state index contributed by atoms with van der Waals surface area (Å²) in [7, 11) is 0. The standard InChI is InChI=1S/C22H18Cl2N4S/c23-18-10-15(11-19(24)12-18)14-3-1-4-16(9-14)22(17-5-8-29-13-17)20-26-6-2-7-28(20)21(25)27-22/h1,3-5,8-13H,2,6-7H2,(H2,25,27). The summed E-state index contributed by atoms with van der Waals surface area (Å²) in [5, 5.41) is 5.41. The highest BCUT2D eigenvalue weighted by Gasteiger charge is 2.49. The van der Waals surface area contributed by atoms with E-state index in [-0.39, 0.29) is 0 Å². The van der Waals surface area contributed by atoms with E-state index in [1.807, 2.05) is 23.1 Å². The molecule has 1 unspecified atom stereocenters. The molecule has 2 aliphatic heterocycles. The highest BCUT2D eigenvalue weighted by Crippen LogP contribution is 2.43. The summed E-state index contributed by atoms with van der Waals surface area (Å²) in [6, 6.07) is 16.0. The minimum atomic E-state index is -0.733. The number of halogens is 2. The number of nitrogens with zero attached hydrogens (tertiary/aromatic N) is 3. The van der Waals surface area contributed by atoms with Gasteiger partial charge in [-0.15, -0.1) is 0 Å². The molecule has 2 aromatic carbocycles. The third kappa shape index (κ3) is 3.05. The minimum Gasteiger partial charge on any atom is -0.369 e. The third-order valence-corrected chi connectivity index (χ3v) is 6.47. The first kappa shape index (κ1) is 18.7. The Morgan fingerprint density at radius 1 is 1.00 bits per heavy atom. The number of nitrogens with two attached hydrogens (primary N) is 1. The van der Waals surface area contributed by atoms with Crippen LogP contribution in [0.4, 0.5) is 0 Å². The molecule has 29 heavy (non-hydrogen) atoms. The summed E-state index contributed by atoms with van der Waals surface area (Å²) in [5.74, 6) is 1.42. The Kier molecular flexibility index (Phi) is 4.62. The second kappa shape index (κ2) is 7.17. The van der Waals surface area contributed by atoms with Gasteiger partial charge in [-0.1, -0.05) is 41.4 Å². The zero-order valence-electron chi connectivity index (χ0n) is 15.5. The summed E-state index contributed by atoms with van der Waals surface area (Å²) >= 11 is 14.1. The first-order valence-corrected chi connectivity index (χ1v) is 11.1. The molecule has 3 heterocycles. The van der Waals surface area contributed by atoms with E-state index in [0.717, 1.165) is 47.6 Å². The molecule has 146 valence electrons. The van der Waals surface area contributed by atoms with E-state index in [9.17, 15) is 0 Å². The monoisotopic (exact) mass is 440 g/mol. The van der Waals surface area contributed by atoms with Crippen molar-refractivity contribution in [1.82, 2.24) is 4.90 Å². The second-order valence-electron chi connectivity index (χ2n) is 7.14. The maximum atomic E-state index is 6.36. The largest absolute Gasteiger partial charge is 0.369 e. The number of hydrogen-bond donors (Lipinski definition) is 1. The lowest BCUT2D eigenvalue weighted by Gasteiger charge is -2.32. The fraction of sp³-hybridized carbons (Fsp3) is 0.182. The van der Waals surface area contributed by atoms with Crippen molar-refractivity contribution < 1.29 is 0 Å². The van der Waals surface area contributed by atoms with Crippen molar-refractivity contribution in [2.75, 3.05) is 13.1 Å². The molecule has 0 bridgehead atoms. The van der Waals surface area contributed by atoms with Crippen LogP contribution < -0.4 is 5.73 Å². The first-order valence-electron chi connectivity index (χ1n) is 9.35. The number of benzene rings is 2. The lowest BCUT2D eigenvalue weighted by atomic mass is 9.82. The summed E-state index contributed by atoms with van der Waals surface area (Å²) in [4.78, 5) is 11.9. The van der Waals surface area contributed by atoms with Gasteiger partial charge in [-0.3, -0.25) is 9.89 Å². The molecule has 5 rings (SSSR count). The Hall–Kier alpha value is -2.34. The zero-order chi connectivity index (χ0) is 20.0. The van der Waals surface area contributed by atoms with Crippen LogP contribution >= 0.6 is 34.5 Å². The predicted octanol–water partition coefficient (Wildman–Crippen LogP) is 5.40. The number of amidine groups is 1. The Balaban J connectivity index is 1.72. The average Bonchev–Trinajstić information content (AvgIpc) is 3.35. The Labute approximate surface area is 183 Å². The van der Waals surface area contributed by atoms with Gasteiger partial charge in [-0.2, -0.15) is 11.3 Å². The van der Waals surface area contributed by atoms with Crippen LogP contribution in [-0.4, -0.2) is 29.8 Å². The van der Waals surface area contributed by atoms with Gasteiger partial charge in [0.15, 0.2) is 11.5 Å². The Morgan fingerprint density at radius 3 is 2.59 bits per heavy atom. The molecule has 0 fully saturated rings. The van der Waals surface area contributed by atoms with Crippen LogP contribution in [0, 0.1) is 0 Å². The molecule has 0 saturated heterocycles. The molecular weight excluding hydrogens is 423 g/mol. The average molecular weight is 441 g/mol. The smallest absolute Gasteiger partial charge is 0.198 e. The van der Waals surface area contributed by atoms with E-state index >= 15 is 0 Å². The van der Waals surface area contributed by atoms with Crippen molar-refractivity contribution in [2.24, 2.45) is 15.7 Å². The van der Waals surface area contributed by atoms with Crippen LogP contribution in [0.25, 0.3) is 11.1 Å². The van der Waals surface area contributed by atoms with E-state index in [0.29, 0.717) is 16.0 Å². The van der Waals surface area contributed by atoms with Crippen molar-refractivity contribution in [3.05, 3.63) is 80.5 Å². The molecule has 3 aromatic rings. The van der Waals surface area contributed by atoms with E-state index in [1.54, 1.807) is 17.4 Å². The minimum absolute atomic E-state index is 0.519. The van der Waals surface area contributed by atoms with Gasteiger partial charge in [-0.05, 0) is 64.2 Å². The molecule has 0 saturated carbocycles. The van der Waals surface area contributed by atoms with Gasteiger partial charge < -0.3 is 5.73 Å². The fourth-order valence-electron chi connectivity index (χ4n) is 4.09. The van der Waals surface area contributed by atoms with Gasteiger partial charge in [-0.25, -0.2) is 4.99 Å². The number of thiophene rings is 1. The molecular formula is C22H18Cl2N4S. The summed E-state index contributed by atoms with van der Waals surface area (Å²) in [6.45, 7) is 1.62. The van der Waals surface area contributed by atoms with E-state index < -0.39 is 5.54 Å². The maximum absolute atomic E-state index is 6.36. The molecule has 0 spiro atoms. The summed E-state index contributed by atoms with van der Waals surface area (Å²) in [6.07, 6.45) is 0.973. The van der Waals surface area contributed by atoms with Crippen molar-refractivity contribution in [1.29, 1.82) is 0 Å². The number of rotatable bonds is 3. The van der Waals surface area contributed by atoms with Crippen LogP contribution in [0.5, 0.6) is 0 Å². The molecule has 2 aliphatic rings. The predicted molar refractivity (Wildman–Crippen MR) is 122 cm³/mol. The molecule has 7 heteroatoms. The molecule has 0 amide bonds. The van der Waals surface area contributed by atoms with Crippen LogP contribution in [-0.2, 0) is 5.54 Å². The zero-order valence-corrected chi connectivity index (χ0v) is 17.8. The maximum Gasteiger partial charge on any atom is 0.198 e. The Morgan fingerprint density at radius 2 is 1.83 bits per heavy atom. The Bertz CT molecular complexity index is 1120. The number of aliphatic imine (C=N–C) groups is 2. The number of hydrogen-bond acceptors (Lipinski definition) is 5. The van der Waals surface area contributed by atoms with Gasteiger partial charge in [0.25, 0.3) is 0 Å². The van der Waals surface area contributed by atoms with Gasteiger partial charge in [0.2, 0.25) is 0 Å². The quantitative estimate of drug-likeness (QED) is 0.592.